The largest absolute Gasteiger partial charge is 0.461 e. The van der Waals surface area contributed by atoms with E-state index in [9.17, 15) is 4.79 Å². The van der Waals surface area contributed by atoms with Crippen LogP contribution in [0.15, 0.2) is 16.5 Å². The first-order valence-corrected chi connectivity index (χ1v) is 8.51. The number of hydrogen-bond donors (Lipinski definition) is 1. The molecule has 0 bridgehead atoms. The van der Waals surface area contributed by atoms with Gasteiger partial charge >= 0.3 is 6.03 Å². The lowest BCUT2D eigenvalue weighted by Gasteiger charge is -2.24. The van der Waals surface area contributed by atoms with Gasteiger partial charge in [0.15, 0.2) is 0 Å². The number of rotatable bonds is 6. The first kappa shape index (κ1) is 16.3. The first-order chi connectivity index (χ1) is 11.3. The highest BCUT2D eigenvalue weighted by atomic mass is 16.5. The summed E-state index contributed by atoms with van der Waals surface area (Å²) in [6.45, 7) is 2.76. The van der Waals surface area contributed by atoms with Crippen molar-refractivity contribution in [3.05, 3.63) is 23.7 Å². The number of nitrogens with one attached hydrogen (secondary N) is 1. The molecule has 23 heavy (non-hydrogen) atoms. The fourth-order valence-corrected chi connectivity index (χ4v) is 3.41. The van der Waals surface area contributed by atoms with Gasteiger partial charge in [0, 0.05) is 26.8 Å². The second kappa shape index (κ2) is 7.84. The number of urea groups is 1. The lowest BCUT2D eigenvalue weighted by atomic mass is 10.1. The minimum absolute atomic E-state index is 0.00446. The Hall–Kier alpha value is -1.53. The molecule has 0 aliphatic carbocycles. The zero-order valence-corrected chi connectivity index (χ0v) is 13.8. The van der Waals surface area contributed by atoms with Crippen molar-refractivity contribution in [2.24, 2.45) is 0 Å². The number of furan rings is 1. The van der Waals surface area contributed by atoms with E-state index in [1.54, 1.807) is 7.11 Å². The second-order valence-electron chi connectivity index (χ2n) is 6.24. The Morgan fingerprint density at radius 3 is 3.09 bits per heavy atom. The summed E-state index contributed by atoms with van der Waals surface area (Å²) in [6, 6.07) is 3.90. The van der Waals surface area contributed by atoms with Crippen LogP contribution >= 0.6 is 0 Å². The van der Waals surface area contributed by atoms with Gasteiger partial charge in [0.25, 0.3) is 0 Å². The summed E-state index contributed by atoms with van der Waals surface area (Å²) in [6.07, 6.45) is 5.39. The van der Waals surface area contributed by atoms with Crippen molar-refractivity contribution in [2.45, 2.75) is 50.9 Å². The summed E-state index contributed by atoms with van der Waals surface area (Å²) in [5, 5.41) is 3.02. The number of nitrogens with zero attached hydrogens (tertiary/aromatic N) is 1. The smallest absolute Gasteiger partial charge is 0.318 e. The topological polar surface area (TPSA) is 63.9 Å². The molecule has 0 spiro atoms. The average Bonchev–Trinajstić information content (AvgIpc) is 3.28. The fourth-order valence-electron chi connectivity index (χ4n) is 3.41. The van der Waals surface area contributed by atoms with Gasteiger partial charge in [-0.2, -0.15) is 0 Å². The predicted octanol–water partition coefficient (Wildman–Crippen LogP) is 2.84. The molecule has 6 heteroatoms. The van der Waals surface area contributed by atoms with Crippen LogP contribution < -0.4 is 5.32 Å². The molecule has 128 valence electrons. The predicted molar refractivity (Wildman–Crippen MR) is 85.1 cm³/mol. The van der Waals surface area contributed by atoms with Crippen LogP contribution in [0.1, 0.15) is 49.7 Å². The van der Waals surface area contributed by atoms with E-state index in [1.807, 2.05) is 17.0 Å². The maximum atomic E-state index is 12.4. The van der Waals surface area contributed by atoms with Crippen LogP contribution in [0.5, 0.6) is 0 Å². The summed E-state index contributed by atoms with van der Waals surface area (Å²) in [5.41, 5.74) is 0. The van der Waals surface area contributed by atoms with Crippen LogP contribution in [0, 0.1) is 0 Å². The highest BCUT2D eigenvalue weighted by Gasteiger charge is 2.32. The van der Waals surface area contributed by atoms with Gasteiger partial charge in [0.1, 0.15) is 18.1 Å². The lowest BCUT2D eigenvalue weighted by molar-refractivity contribution is 0.104. The summed E-state index contributed by atoms with van der Waals surface area (Å²) in [7, 11) is 1.64. The normalized spacial score (nSPS) is 24.3. The molecule has 2 amide bonds. The summed E-state index contributed by atoms with van der Waals surface area (Å²) >= 11 is 0. The number of methoxy groups -OCH3 is 1. The Labute approximate surface area is 137 Å². The van der Waals surface area contributed by atoms with E-state index in [4.69, 9.17) is 13.9 Å². The van der Waals surface area contributed by atoms with Crippen molar-refractivity contribution in [2.75, 3.05) is 26.8 Å². The molecule has 2 aliphatic rings. The molecule has 2 aliphatic heterocycles. The number of likely N-dealkylation sites (tertiary alicyclic amines) is 1. The Bertz CT molecular complexity index is 510. The van der Waals surface area contributed by atoms with E-state index in [0.717, 1.165) is 56.8 Å². The van der Waals surface area contributed by atoms with Crippen molar-refractivity contribution >= 4 is 6.03 Å². The molecule has 0 radical (unpaired) electrons. The molecular formula is C17H26N2O4. The van der Waals surface area contributed by atoms with Gasteiger partial charge in [0.2, 0.25) is 0 Å². The zero-order chi connectivity index (χ0) is 16.1. The Morgan fingerprint density at radius 1 is 1.39 bits per heavy atom. The highest BCUT2D eigenvalue weighted by molar-refractivity contribution is 5.75. The molecular weight excluding hydrogens is 296 g/mol. The first-order valence-electron chi connectivity index (χ1n) is 8.51. The molecule has 2 atom stereocenters. The van der Waals surface area contributed by atoms with Crippen molar-refractivity contribution in [1.82, 2.24) is 10.2 Å². The molecule has 1 aromatic heterocycles. The van der Waals surface area contributed by atoms with Crippen LogP contribution in [0.4, 0.5) is 4.79 Å². The SMILES string of the molecule is COCc1ccc(C2CCCN2C(=O)NCCC2CCCO2)o1. The van der Waals surface area contributed by atoms with Crippen LogP contribution in [0.2, 0.25) is 0 Å². The average molecular weight is 322 g/mol. The van der Waals surface area contributed by atoms with Crippen molar-refractivity contribution < 1.29 is 18.7 Å². The van der Waals surface area contributed by atoms with Gasteiger partial charge in [0.05, 0.1) is 12.1 Å². The molecule has 3 rings (SSSR count). The minimum atomic E-state index is -0.00446. The Kier molecular flexibility index (Phi) is 5.56. The van der Waals surface area contributed by atoms with E-state index in [0.29, 0.717) is 19.3 Å². The standard InChI is InChI=1S/C17H26N2O4/c1-21-12-14-6-7-16(23-14)15-5-2-10-19(15)17(20)18-9-8-13-4-3-11-22-13/h6-7,13,15H,2-5,8-12H2,1H3,(H,18,20). The summed E-state index contributed by atoms with van der Waals surface area (Å²) < 4.78 is 16.5. The molecule has 2 unspecified atom stereocenters. The van der Waals surface area contributed by atoms with Crippen LogP contribution in [0.3, 0.4) is 0 Å². The third-order valence-electron chi connectivity index (χ3n) is 4.58. The molecule has 1 N–H and O–H groups in total. The Balaban J connectivity index is 1.51. The molecule has 2 fully saturated rings. The third kappa shape index (κ3) is 4.06. The van der Waals surface area contributed by atoms with Gasteiger partial charge in [-0.25, -0.2) is 4.79 Å². The lowest BCUT2D eigenvalue weighted by Crippen LogP contribution is -2.40. The number of carbonyl (C=O) groups is 1. The molecule has 0 aromatic carbocycles. The Morgan fingerprint density at radius 2 is 2.30 bits per heavy atom. The number of carbonyl (C=O) groups excluding carboxylic acids is 1. The zero-order valence-electron chi connectivity index (χ0n) is 13.8. The van der Waals surface area contributed by atoms with E-state index in [2.05, 4.69) is 5.32 Å². The van der Waals surface area contributed by atoms with Crippen molar-refractivity contribution in [1.29, 1.82) is 0 Å². The van der Waals surface area contributed by atoms with Gasteiger partial charge in [-0.1, -0.05) is 0 Å². The van der Waals surface area contributed by atoms with Gasteiger partial charge in [-0.15, -0.1) is 0 Å². The molecule has 0 saturated carbocycles. The quantitative estimate of drug-likeness (QED) is 0.875. The highest BCUT2D eigenvalue weighted by Crippen LogP contribution is 2.33. The minimum Gasteiger partial charge on any atom is -0.461 e. The van der Waals surface area contributed by atoms with Gasteiger partial charge in [-0.05, 0) is 44.2 Å². The third-order valence-corrected chi connectivity index (χ3v) is 4.58. The fraction of sp³-hybridized carbons (Fsp3) is 0.706. The molecule has 2 saturated heterocycles. The molecule has 6 nitrogen and oxygen atoms in total. The van der Waals surface area contributed by atoms with E-state index in [-0.39, 0.29) is 12.1 Å². The van der Waals surface area contributed by atoms with E-state index in [1.165, 1.54) is 0 Å². The number of amides is 2. The maximum absolute atomic E-state index is 12.4. The second-order valence-corrected chi connectivity index (χ2v) is 6.24. The number of ether oxygens (including phenoxy) is 2. The maximum Gasteiger partial charge on any atom is 0.318 e. The van der Waals surface area contributed by atoms with Crippen LogP contribution in [-0.4, -0.2) is 43.8 Å². The van der Waals surface area contributed by atoms with Crippen LogP contribution in [0.25, 0.3) is 0 Å². The van der Waals surface area contributed by atoms with E-state index < -0.39 is 0 Å². The number of hydrogen-bond acceptors (Lipinski definition) is 4. The molecule has 1 aromatic rings. The van der Waals surface area contributed by atoms with Gasteiger partial charge in [-0.3, -0.25) is 0 Å². The van der Waals surface area contributed by atoms with Crippen LogP contribution in [-0.2, 0) is 16.1 Å². The monoisotopic (exact) mass is 322 g/mol. The molecule has 3 heterocycles. The van der Waals surface area contributed by atoms with Gasteiger partial charge < -0.3 is 24.1 Å². The summed E-state index contributed by atoms with van der Waals surface area (Å²) in [4.78, 5) is 14.3. The van der Waals surface area contributed by atoms with Crippen molar-refractivity contribution in [3.8, 4) is 0 Å². The van der Waals surface area contributed by atoms with Crippen molar-refractivity contribution in [3.63, 3.8) is 0 Å². The van der Waals surface area contributed by atoms with E-state index >= 15 is 0 Å². The summed E-state index contributed by atoms with van der Waals surface area (Å²) in [5.74, 6) is 1.65.